The monoisotopic (exact) mass is 327 g/mol. The van der Waals surface area contributed by atoms with Gasteiger partial charge in [0.1, 0.15) is 0 Å². The quantitative estimate of drug-likeness (QED) is 0.847. The molecule has 7 heteroatoms. The first-order valence-electron chi connectivity index (χ1n) is 6.52. The lowest BCUT2D eigenvalue weighted by Crippen LogP contribution is -2.32. The third-order valence-corrected chi connectivity index (χ3v) is 4.65. The summed E-state index contributed by atoms with van der Waals surface area (Å²) in [6.45, 7) is 0. The van der Waals surface area contributed by atoms with Crippen LogP contribution in [-0.2, 0) is 9.59 Å². The third kappa shape index (κ3) is 2.12. The summed E-state index contributed by atoms with van der Waals surface area (Å²) in [6.07, 6.45) is 2.24. The zero-order valence-corrected chi connectivity index (χ0v) is 12.3. The smallest absolute Gasteiger partial charge is 0.335 e. The van der Waals surface area contributed by atoms with Gasteiger partial charge in [0.15, 0.2) is 0 Å². The summed E-state index contributed by atoms with van der Waals surface area (Å²) in [5, 5.41) is 8.94. The van der Waals surface area contributed by atoms with Gasteiger partial charge in [-0.25, -0.2) is 9.69 Å². The molecule has 0 radical (unpaired) electrons. The van der Waals surface area contributed by atoms with Gasteiger partial charge in [0.05, 0.1) is 33.1 Å². The lowest BCUT2D eigenvalue weighted by molar-refractivity contribution is -0.122. The van der Waals surface area contributed by atoms with Crippen LogP contribution in [-0.4, -0.2) is 22.9 Å². The first-order valence-corrected chi connectivity index (χ1v) is 7.27. The fourth-order valence-corrected chi connectivity index (χ4v) is 3.77. The second-order valence-electron chi connectivity index (χ2n) is 5.25. The molecule has 0 aromatic heterocycles. The summed E-state index contributed by atoms with van der Waals surface area (Å²) in [7, 11) is 0. The maximum atomic E-state index is 12.4. The van der Waals surface area contributed by atoms with E-state index in [1.807, 2.05) is 0 Å². The fraction of sp³-hybridized carbons (Fsp3) is 0.357. The molecular weight excluding hydrogens is 317 g/mol. The van der Waals surface area contributed by atoms with E-state index in [4.69, 9.17) is 28.3 Å². The van der Waals surface area contributed by atoms with Crippen molar-refractivity contribution in [2.75, 3.05) is 4.90 Å². The second kappa shape index (κ2) is 5.00. The SMILES string of the molecule is O=C(O)c1cc(Cl)c(N2C(=O)C3CCCC3C2=O)c(Cl)c1. The zero-order chi connectivity index (χ0) is 15.3. The van der Waals surface area contributed by atoms with Gasteiger partial charge in [-0.05, 0) is 25.0 Å². The number of fused-ring (bicyclic) bond motifs is 1. The number of carboxylic acid groups (broad SMARTS) is 1. The Hall–Kier alpha value is -1.59. The number of anilines is 1. The number of imide groups is 1. The number of carbonyl (C=O) groups excluding carboxylic acids is 2. The summed E-state index contributed by atoms with van der Waals surface area (Å²) in [6, 6.07) is 2.39. The van der Waals surface area contributed by atoms with Gasteiger partial charge in [-0.2, -0.15) is 0 Å². The van der Waals surface area contributed by atoms with Crippen molar-refractivity contribution in [1.29, 1.82) is 0 Å². The molecular formula is C14H11Cl2NO4. The Labute approximate surface area is 130 Å². The average Bonchev–Trinajstić information content (AvgIpc) is 2.97. The minimum atomic E-state index is -1.18. The Balaban J connectivity index is 2.07. The van der Waals surface area contributed by atoms with E-state index in [1.54, 1.807) is 0 Å². The van der Waals surface area contributed by atoms with Gasteiger partial charge in [0, 0.05) is 0 Å². The number of carbonyl (C=O) groups is 3. The van der Waals surface area contributed by atoms with Gasteiger partial charge in [-0.1, -0.05) is 29.6 Å². The van der Waals surface area contributed by atoms with Gasteiger partial charge in [0.25, 0.3) is 0 Å². The van der Waals surface area contributed by atoms with Crippen molar-refractivity contribution in [2.45, 2.75) is 19.3 Å². The fourth-order valence-electron chi connectivity index (χ4n) is 3.11. The predicted molar refractivity (Wildman–Crippen MR) is 76.7 cm³/mol. The second-order valence-corrected chi connectivity index (χ2v) is 6.06. The molecule has 1 saturated heterocycles. The van der Waals surface area contributed by atoms with Crippen molar-refractivity contribution in [3.63, 3.8) is 0 Å². The summed E-state index contributed by atoms with van der Waals surface area (Å²) >= 11 is 12.1. The molecule has 110 valence electrons. The minimum absolute atomic E-state index is 0.0124. The number of nitrogens with zero attached hydrogens (tertiary/aromatic N) is 1. The van der Waals surface area contributed by atoms with Gasteiger partial charge < -0.3 is 5.11 Å². The Bertz CT molecular complexity index is 628. The number of amides is 2. The predicted octanol–water partition coefficient (Wildman–Crippen LogP) is 2.98. The Morgan fingerprint density at radius 1 is 1.10 bits per heavy atom. The molecule has 21 heavy (non-hydrogen) atoms. The van der Waals surface area contributed by atoms with Crippen LogP contribution in [0.1, 0.15) is 29.6 Å². The normalized spacial score (nSPS) is 24.6. The molecule has 5 nitrogen and oxygen atoms in total. The van der Waals surface area contributed by atoms with Crippen molar-refractivity contribution < 1.29 is 19.5 Å². The first kappa shape index (κ1) is 14.4. The molecule has 0 spiro atoms. The van der Waals surface area contributed by atoms with Crippen LogP contribution in [0.2, 0.25) is 10.0 Å². The van der Waals surface area contributed by atoms with Crippen LogP contribution < -0.4 is 4.90 Å². The molecule has 1 heterocycles. The van der Waals surface area contributed by atoms with Crippen molar-refractivity contribution in [3.8, 4) is 0 Å². The molecule has 2 atom stereocenters. The highest BCUT2D eigenvalue weighted by Crippen LogP contribution is 2.45. The number of hydrogen-bond donors (Lipinski definition) is 1. The largest absolute Gasteiger partial charge is 0.478 e. The maximum absolute atomic E-state index is 12.4. The highest BCUT2D eigenvalue weighted by molar-refractivity contribution is 6.42. The van der Waals surface area contributed by atoms with E-state index in [0.29, 0.717) is 12.8 Å². The molecule has 3 rings (SSSR count). The van der Waals surface area contributed by atoms with Crippen LogP contribution in [0.3, 0.4) is 0 Å². The molecule has 1 aliphatic heterocycles. The molecule has 2 aliphatic rings. The van der Waals surface area contributed by atoms with E-state index in [2.05, 4.69) is 0 Å². The molecule has 1 aromatic carbocycles. The topological polar surface area (TPSA) is 74.7 Å². The van der Waals surface area contributed by atoms with Crippen LogP contribution in [0.15, 0.2) is 12.1 Å². The first-order chi connectivity index (χ1) is 9.91. The van der Waals surface area contributed by atoms with Crippen molar-refractivity contribution >= 4 is 46.7 Å². The molecule has 1 aromatic rings. The molecule has 2 unspecified atom stereocenters. The van der Waals surface area contributed by atoms with Gasteiger partial charge in [0.2, 0.25) is 11.8 Å². The zero-order valence-electron chi connectivity index (χ0n) is 10.8. The lowest BCUT2D eigenvalue weighted by atomic mass is 10.00. The Kier molecular flexibility index (Phi) is 3.42. The van der Waals surface area contributed by atoms with E-state index < -0.39 is 5.97 Å². The van der Waals surface area contributed by atoms with Crippen LogP contribution in [0, 0.1) is 11.8 Å². The number of carboxylic acids is 1. The van der Waals surface area contributed by atoms with Gasteiger partial charge >= 0.3 is 5.97 Å². The third-order valence-electron chi connectivity index (χ3n) is 4.08. The van der Waals surface area contributed by atoms with E-state index in [9.17, 15) is 14.4 Å². The van der Waals surface area contributed by atoms with Crippen LogP contribution in [0.4, 0.5) is 5.69 Å². The molecule has 1 aliphatic carbocycles. The van der Waals surface area contributed by atoms with E-state index in [1.165, 1.54) is 12.1 Å². The van der Waals surface area contributed by atoms with E-state index in [-0.39, 0.29) is 44.9 Å². The van der Waals surface area contributed by atoms with E-state index in [0.717, 1.165) is 11.3 Å². The van der Waals surface area contributed by atoms with Gasteiger partial charge in [-0.15, -0.1) is 0 Å². The highest BCUT2D eigenvalue weighted by atomic mass is 35.5. The van der Waals surface area contributed by atoms with Gasteiger partial charge in [-0.3, -0.25) is 9.59 Å². The number of benzene rings is 1. The molecule has 1 saturated carbocycles. The average molecular weight is 328 g/mol. The van der Waals surface area contributed by atoms with Crippen LogP contribution in [0.5, 0.6) is 0 Å². The molecule has 0 bridgehead atoms. The van der Waals surface area contributed by atoms with Crippen LogP contribution in [0.25, 0.3) is 0 Å². The highest BCUT2D eigenvalue weighted by Gasteiger charge is 2.51. The Morgan fingerprint density at radius 2 is 1.57 bits per heavy atom. The molecule has 2 amide bonds. The van der Waals surface area contributed by atoms with Crippen molar-refractivity contribution in [2.24, 2.45) is 11.8 Å². The van der Waals surface area contributed by atoms with E-state index >= 15 is 0 Å². The number of hydrogen-bond acceptors (Lipinski definition) is 3. The summed E-state index contributed by atoms with van der Waals surface area (Å²) in [4.78, 5) is 36.8. The number of rotatable bonds is 2. The van der Waals surface area contributed by atoms with Crippen molar-refractivity contribution in [3.05, 3.63) is 27.7 Å². The molecule has 1 N–H and O–H groups in total. The van der Waals surface area contributed by atoms with Crippen molar-refractivity contribution in [1.82, 2.24) is 0 Å². The number of aromatic carboxylic acids is 1. The lowest BCUT2D eigenvalue weighted by Gasteiger charge is -2.19. The summed E-state index contributed by atoms with van der Waals surface area (Å²) < 4.78 is 0. The number of halogens is 2. The standard InChI is InChI=1S/C14H11Cl2NO4/c15-9-4-6(14(20)21)5-10(16)11(9)17-12(18)7-2-1-3-8(7)13(17)19/h4-5,7-8H,1-3H2,(H,20,21). The minimum Gasteiger partial charge on any atom is -0.478 e. The summed E-state index contributed by atoms with van der Waals surface area (Å²) in [5.41, 5.74) is 0.000715. The van der Waals surface area contributed by atoms with Crippen LogP contribution >= 0.6 is 23.2 Å². The molecule has 2 fully saturated rings. The maximum Gasteiger partial charge on any atom is 0.335 e. The Morgan fingerprint density at radius 3 is 2.00 bits per heavy atom. The summed E-state index contributed by atoms with van der Waals surface area (Å²) in [5.74, 6) is -2.38.